The summed E-state index contributed by atoms with van der Waals surface area (Å²) in [5, 5.41) is 8.30. The third-order valence-corrected chi connectivity index (χ3v) is 6.82. The van der Waals surface area contributed by atoms with Crippen molar-refractivity contribution in [1.82, 2.24) is 14.8 Å². The molecule has 5 rings (SSSR count). The fourth-order valence-electron chi connectivity index (χ4n) is 3.81. The normalized spacial score (nSPS) is 15.9. The molecule has 152 valence electrons. The molecule has 0 saturated carbocycles. The Morgan fingerprint density at radius 3 is 2.90 bits per heavy atom. The number of carbonyl (C=O) groups is 1. The first-order valence-electron chi connectivity index (χ1n) is 9.24. The number of hydrogen-bond donors (Lipinski definition) is 1. The molecule has 1 aliphatic rings. The minimum atomic E-state index is -0.337. The summed E-state index contributed by atoms with van der Waals surface area (Å²) < 4.78 is 22.1. The Balaban J connectivity index is 1.65. The molecule has 0 fully saturated rings. The molecule has 3 heterocycles. The number of benzene rings is 2. The number of halogens is 2. The number of thiazole rings is 1. The topological polar surface area (TPSA) is 69.0 Å². The molecule has 30 heavy (non-hydrogen) atoms. The molecule has 0 bridgehead atoms. The maximum absolute atomic E-state index is 13.7. The number of fused-ring (bicyclic) bond motifs is 2. The smallest absolute Gasteiger partial charge is 0.226 e. The quantitative estimate of drug-likeness (QED) is 0.433. The highest BCUT2D eigenvalue weighted by atomic mass is 79.9. The van der Waals surface area contributed by atoms with Crippen molar-refractivity contribution in [3.8, 4) is 10.9 Å². The highest BCUT2D eigenvalue weighted by molar-refractivity contribution is 9.10. The molecule has 0 spiro atoms. The lowest BCUT2D eigenvalue weighted by atomic mass is 9.86. The molecule has 0 saturated heterocycles. The molecule has 2 aromatic carbocycles. The molecular formula is C21H16BrFN4O2S. The molecule has 6 nitrogen and oxygen atoms in total. The molecule has 1 aliphatic heterocycles. The second-order valence-electron chi connectivity index (χ2n) is 7.07. The van der Waals surface area contributed by atoms with Crippen molar-refractivity contribution in [3.05, 3.63) is 63.5 Å². The van der Waals surface area contributed by atoms with Gasteiger partial charge in [-0.2, -0.15) is 9.78 Å². The van der Waals surface area contributed by atoms with E-state index in [1.807, 2.05) is 25.1 Å². The van der Waals surface area contributed by atoms with Crippen LogP contribution in [0.15, 0.2) is 40.9 Å². The van der Waals surface area contributed by atoms with Crippen LogP contribution in [0, 0.1) is 12.7 Å². The molecule has 4 aromatic rings. The van der Waals surface area contributed by atoms with Crippen molar-refractivity contribution in [1.29, 1.82) is 0 Å². The summed E-state index contributed by atoms with van der Waals surface area (Å²) in [7, 11) is 1.62. The summed E-state index contributed by atoms with van der Waals surface area (Å²) in [6.07, 6.45) is 0.272. The zero-order valence-corrected chi connectivity index (χ0v) is 18.5. The third-order valence-electron chi connectivity index (χ3n) is 5.21. The zero-order valence-electron chi connectivity index (χ0n) is 16.1. The van der Waals surface area contributed by atoms with Crippen LogP contribution in [0.5, 0.6) is 5.75 Å². The summed E-state index contributed by atoms with van der Waals surface area (Å²) in [5.41, 5.74) is 3.41. The van der Waals surface area contributed by atoms with E-state index in [0.29, 0.717) is 15.4 Å². The monoisotopic (exact) mass is 486 g/mol. The van der Waals surface area contributed by atoms with Crippen LogP contribution in [0.1, 0.15) is 29.2 Å². The van der Waals surface area contributed by atoms with Gasteiger partial charge in [0, 0.05) is 17.9 Å². The molecule has 9 heteroatoms. The van der Waals surface area contributed by atoms with Crippen LogP contribution in [-0.2, 0) is 4.79 Å². The average Bonchev–Trinajstić information content (AvgIpc) is 3.29. The van der Waals surface area contributed by atoms with Crippen LogP contribution in [-0.4, -0.2) is 27.8 Å². The van der Waals surface area contributed by atoms with Gasteiger partial charge in [0.2, 0.25) is 11.0 Å². The van der Waals surface area contributed by atoms with Crippen LogP contribution < -0.4 is 10.1 Å². The van der Waals surface area contributed by atoms with E-state index >= 15 is 0 Å². The first kappa shape index (κ1) is 19.2. The van der Waals surface area contributed by atoms with Gasteiger partial charge in [0.25, 0.3) is 0 Å². The van der Waals surface area contributed by atoms with Crippen LogP contribution in [0.2, 0.25) is 0 Å². The van der Waals surface area contributed by atoms with Gasteiger partial charge in [0.15, 0.2) is 0 Å². The lowest BCUT2D eigenvalue weighted by Gasteiger charge is -2.24. The number of amides is 1. The number of hydrogen-bond acceptors (Lipinski definition) is 5. The Hall–Kier alpha value is -2.78. The van der Waals surface area contributed by atoms with E-state index in [4.69, 9.17) is 4.74 Å². The number of aromatic nitrogens is 3. The molecule has 1 atom stereocenters. The van der Waals surface area contributed by atoms with Gasteiger partial charge in [0.05, 0.1) is 27.5 Å². The summed E-state index contributed by atoms with van der Waals surface area (Å²) >= 11 is 4.71. The van der Waals surface area contributed by atoms with E-state index in [2.05, 4.69) is 31.3 Å². The van der Waals surface area contributed by atoms with Crippen molar-refractivity contribution < 1.29 is 13.9 Å². The van der Waals surface area contributed by atoms with Crippen LogP contribution in [0.4, 0.5) is 10.2 Å². The number of rotatable bonds is 3. The number of nitrogens with zero attached hydrogens (tertiary/aromatic N) is 3. The maximum atomic E-state index is 13.7. The minimum Gasteiger partial charge on any atom is -0.497 e. The van der Waals surface area contributed by atoms with E-state index in [0.717, 1.165) is 32.8 Å². The number of aryl methyl sites for hydroxylation is 1. The fourth-order valence-corrected chi connectivity index (χ4v) is 5.16. The predicted molar refractivity (Wildman–Crippen MR) is 117 cm³/mol. The average molecular weight is 487 g/mol. The van der Waals surface area contributed by atoms with E-state index in [9.17, 15) is 9.18 Å². The zero-order chi connectivity index (χ0) is 21.0. The fraction of sp³-hybridized carbons (Fsp3) is 0.190. The number of anilines is 1. The third kappa shape index (κ3) is 3.09. The summed E-state index contributed by atoms with van der Waals surface area (Å²) in [4.78, 5) is 17.2. The first-order valence-corrected chi connectivity index (χ1v) is 10.8. The SMILES string of the molecule is COc1ccc2nc(-n3nc(C)c4c3NC(=O)C[C@@H]4c3ccc(F)c(Br)c3)sc2c1. The molecule has 1 amide bonds. The van der Waals surface area contributed by atoms with Gasteiger partial charge in [-0.05, 0) is 58.7 Å². The van der Waals surface area contributed by atoms with Crippen LogP contribution >= 0.6 is 27.3 Å². The first-order chi connectivity index (χ1) is 14.4. The highest BCUT2D eigenvalue weighted by Gasteiger charge is 2.33. The second kappa shape index (κ2) is 7.17. The van der Waals surface area contributed by atoms with Crippen molar-refractivity contribution in [2.75, 3.05) is 12.4 Å². The Labute approximate surface area is 183 Å². The van der Waals surface area contributed by atoms with Gasteiger partial charge in [-0.1, -0.05) is 17.4 Å². The van der Waals surface area contributed by atoms with Crippen molar-refractivity contribution in [2.24, 2.45) is 0 Å². The van der Waals surface area contributed by atoms with Crippen LogP contribution in [0.3, 0.4) is 0 Å². The number of ether oxygens (including phenoxy) is 1. The van der Waals surface area contributed by atoms with E-state index in [-0.39, 0.29) is 24.1 Å². The molecule has 0 aliphatic carbocycles. The summed E-state index contributed by atoms with van der Waals surface area (Å²) in [5.74, 6) is 0.703. The molecular weight excluding hydrogens is 471 g/mol. The lowest BCUT2D eigenvalue weighted by molar-refractivity contribution is -0.116. The van der Waals surface area contributed by atoms with Gasteiger partial charge in [0.1, 0.15) is 17.4 Å². The Kier molecular flexibility index (Phi) is 4.59. The van der Waals surface area contributed by atoms with Crippen LogP contribution in [0.25, 0.3) is 15.3 Å². The number of nitrogens with one attached hydrogen (secondary N) is 1. The van der Waals surface area contributed by atoms with Gasteiger partial charge in [-0.15, -0.1) is 0 Å². The van der Waals surface area contributed by atoms with E-state index < -0.39 is 0 Å². The van der Waals surface area contributed by atoms with Gasteiger partial charge >= 0.3 is 0 Å². The molecule has 0 unspecified atom stereocenters. The maximum Gasteiger partial charge on any atom is 0.226 e. The largest absolute Gasteiger partial charge is 0.497 e. The van der Waals surface area contributed by atoms with Gasteiger partial charge < -0.3 is 10.1 Å². The number of methoxy groups -OCH3 is 1. The molecule has 2 aromatic heterocycles. The summed E-state index contributed by atoms with van der Waals surface area (Å²) in [6.45, 7) is 1.91. The predicted octanol–water partition coefficient (Wildman–Crippen LogP) is 5.17. The molecule has 1 N–H and O–H groups in total. The minimum absolute atomic E-state index is 0.114. The van der Waals surface area contributed by atoms with E-state index in [1.54, 1.807) is 23.9 Å². The molecule has 0 radical (unpaired) electrons. The standard InChI is InChI=1S/C21H16BrFN4O2S/c1-10-19-13(11-3-5-15(23)14(22)7-11)9-18(28)25-20(19)27(26-10)21-24-16-6-4-12(29-2)8-17(16)30-21/h3-8,13H,9H2,1-2H3,(H,25,28)/t13-/m1/s1. The van der Waals surface area contributed by atoms with E-state index in [1.165, 1.54) is 17.4 Å². The Bertz CT molecular complexity index is 1320. The Morgan fingerprint density at radius 2 is 2.13 bits per heavy atom. The lowest BCUT2D eigenvalue weighted by Crippen LogP contribution is -2.25. The van der Waals surface area contributed by atoms with Crippen molar-refractivity contribution in [2.45, 2.75) is 19.3 Å². The van der Waals surface area contributed by atoms with Gasteiger partial charge in [-0.25, -0.2) is 9.37 Å². The van der Waals surface area contributed by atoms with Crippen molar-refractivity contribution >= 4 is 49.2 Å². The van der Waals surface area contributed by atoms with Crippen molar-refractivity contribution in [3.63, 3.8) is 0 Å². The van der Waals surface area contributed by atoms with Gasteiger partial charge in [-0.3, -0.25) is 4.79 Å². The number of carbonyl (C=O) groups excluding carboxylic acids is 1. The second-order valence-corrected chi connectivity index (χ2v) is 8.93. The Morgan fingerprint density at radius 1 is 1.30 bits per heavy atom. The highest BCUT2D eigenvalue weighted by Crippen LogP contribution is 2.42. The summed E-state index contributed by atoms with van der Waals surface area (Å²) in [6, 6.07) is 10.5.